The molecular weight excluding hydrogens is 415 g/mol. The van der Waals surface area contributed by atoms with Crippen LogP contribution < -0.4 is 9.63 Å². The predicted octanol–water partition coefficient (Wildman–Crippen LogP) is 4.83. The molecule has 3 rings (SSSR count). The van der Waals surface area contributed by atoms with Crippen molar-refractivity contribution in [3.05, 3.63) is 89.5 Å². The molecule has 164 valence electrons. The number of benzene rings is 3. The van der Waals surface area contributed by atoms with E-state index in [4.69, 9.17) is 13.8 Å². The second kappa shape index (κ2) is 10.7. The Morgan fingerprint density at radius 1 is 0.871 bits per heavy atom. The fraction of sp³-hybridized carbons (Fsp3) is 0.250. The van der Waals surface area contributed by atoms with Crippen molar-refractivity contribution in [2.45, 2.75) is 39.8 Å². The van der Waals surface area contributed by atoms with Gasteiger partial charge in [0, 0.05) is 0 Å². The first-order valence-electron chi connectivity index (χ1n) is 9.99. The van der Waals surface area contributed by atoms with Crippen LogP contribution in [0.25, 0.3) is 11.1 Å². The average Bonchev–Trinajstić information content (AvgIpc) is 2.76. The Bertz CT molecular complexity index is 1010. The van der Waals surface area contributed by atoms with Crippen molar-refractivity contribution >= 4 is 7.82 Å². The van der Waals surface area contributed by atoms with E-state index in [9.17, 15) is 14.6 Å². The van der Waals surface area contributed by atoms with Gasteiger partial charge in [-0.15, -0.1) is 0 Å². The first kappa shape index (κ1) is 23.2. The Hall–Kier alpha value is -2.47. The molecule has 0 spiro atoms. The average molecular weight is 441 g/mol. The molecule has 31 heavy (non-hydrogen) atoms. The minimum atomic E-state index is -4.30. The SMILES string of the molecule is CC(C)OP(=O)([O-])OCc1ccc(-c2ccc(OCc3cccc(CO)c3)cc2)cc1. The summed E-state index contributed by atoms with van der Waals surface area (Å²) in [6.45, 7) is 3.63. The van der Waals surface area contributed by atoms with Crippen LogP contribution in [0.1, 0.15) is 30.5 Å². The topological polar surface area (TPSA) is 88.1 Å². The molecule has 1 atom stereocenters. The Balaban J connectivity index is 1.56. The summed E-state index contributed by atoms with van der Waals surface area (Å²) in [5.74, 6) is 0.750. The molecule has 0 aliphatic rings. The Morgan fingerprint density at radius 3 is 2.10 bits per heavy atom. The Kier molecular flexibility index (Phi) is 8.02. The van der Waals surface area contributed by atoms with Crippen molar-refractivity contribution in [1.82, 2.24) is 0 Å². The van der Waals surface area contributed by atoms with Gasteiger partial charge in [0.1, 0.15) is 12.4 Å². The number of hydrogen-bond acceptors (Lipinski definition) is 6. The van der Waals surface area contributed by atoms with Gasteiger partial charge in [-0.3, -0.25) is 4.57 Å². The largest absolute Gasteiger partial charge is 0.756 e. The molecular formula is C24H26O6P-. The molecule has 0 saturated carbocycles. The lowest BCUT2D eigenvalue weighted by Crippen LogP contribution is -2.12. The molecule has 0 heterocycles. The van der Waals surface area contributed by atoms with Crippen LogP contribution in [0.2, 0.25) is 0 Å². The number of ether oxygens (including phenoxy) is 1. The van der Waals surface area contributed by atoms with Crippen molar-refractivity contribution in [1.29, 1.82) is 0 Å². The van der Waals surface area contributed by atoms with Gasteiger partial charge in [-0.05, 0) is 53.8 Å². The minimum Gasteiger partial charge on any atom is -0.756 e. The van der Waals surface area contributed by atoms with E-state index in [1.807, 2.05) is 72.8 Å². The predicted molar refractivity (Wildman–Crippen MR) is 117 cm³/mol. The van der Waals surface area contributed by atoms with Gasteiger partial charge in [-0.2, -0.15) is 0 Å². The van der Waals surface area contributed by atoms with E-state index in [2.05, 4.69) is 0 Å². The zero-order valence-corrected chi connectivity index (χ0v) is 18.5. The molecule has 0 radical (unpaired) electrons. The maximum absolute atomic E-state index is 11.7. The number of hydrogen-bond donors (Lipinski definition) is 1. The molecule has 0 aromatic heterocycles. The molecule has 0 bridgehead atoms. The third kappa shape index (κ3) is 7.31. The molecule has 0 amide bonds. The monoisotopic (exact) mass is 441 g/mol. The van der Waals surface area contributed by atoms with E-state index >= 15 is 0 Å². The van der Waals surface area contributed by atoms with E-state index in [0.717, 1.165) is 33.6 Å². The summed E-state index contributed by atoms with van der Waals surface area (Å²) in [7, 11) is -4.30. The maximum Gasteiger partial charge on any atom is 0.268 e. The van der Waals surface area contributed by atoms with Crippen molar-refractivity contribution in [3.8, 4) is 16.9 Å². The van der Waals surface area contributed by atoms with Gasteiger partial charge in [0.15, 0.2) is 0 Å². The number of aliphatic hydroxyl groups excluding tert-OH is 1. The van der Waals surface area contributed by atoms with Crippen LogP contribution in [0, 0.1) is 0 Å². The Morgan fingerprint density at radius 2 is 1.48 bits per heavy atom. The van der Waals surface area contributed by atoms with Crippen molar-refractivity contribution in [2.24, 2.45) is 0 Å². The van der Waals surface area contributed by atoms with Crippen molar-refractivity contribution < 1.29 is 28.3 Å². The molecule has 0 fully saturated rings. The summed E-state index contributed by atoms with van der Waals surface area (Å²) in [4.78, 5) is 11.7. The van der Waals surface area contributed by atoms with Gasteiger partial charge in [-0.1, -0.05) is 60.7 Å². The highest BCUT2D eigenvalue weighted by Crippen LogP contribution is 2.40. The third-order valence-electron chi connectivity index (χ3n) is 4.45. The molecule has 1 unspecified atom stereocenters. The van der Waals surface area contributed by atoms with Crippen LogP contribution in [0.3, 0.4) is 0 Å². The second-order valence-corrected chi connectivity index (χ2v) is 8.73. The second-order valence-electron chi connectivity index (χ2n) is 7.36. The van der Waals surface area contributed by atoms with Crippen LogP contribution in [0.4, 0.5) is 0 Å². The first-order chi connectivity index (χ1) is 14.8. The molecule has 6 nitrogen and oxygen atoms in total. The summed E-state index contributed by atoms with van der Waals surface area (Å²) in [5, 5.41) is 9.22. The third-order valence-corrected chi connectivity index (χ3v) is 5.58. The van der Waals surface area contributed by atoms with Crippen LogP contribution in [-0.2, 0) is 33.4 Å². The van der Waals surface area contributed by atoms with Crippen LogP contribution in [0.15, 0.2) is 72.8 Å². The zero-order chi connectivity index (χ0) is 22.3. The summed E-state index contributed by atoms with van der Waals surface area (Å²) in [6.07, 6.45) is -0.455. The van der Waals surface area contributed by atoms with E-state index in [-0.39, 0.29) is 13.2 Å². The highest BCUT2D eigenvalue weighted by Gasteiger charge is 2.12. The number of phosphoric acid groups is 1. The van der Waals surface area contributed by atoms with Gasteiger partial charge < -0.3 is 23.8 Å². The number of rotatable bonds is 10. The van der Waals surface area contributed by atoms with Crippen molar-refractivity contribution in [2.75, 3.05) is 0 Å². The lowest BCUT2D eigenvalue weighted by atomic mass is 10.0. The van der Waals surface area contributed by atoms with Gasteiger partial charge in [0.05, 0.1) is 19.3 Å². The quantitative estimate of drug-likeness (QED) is 0.453. The molecule has 7 heteroatoms. The Labute approximate surface area is 182 Å². The summed E-state index contributed by atoms with van der Waals surface area (Å²) >= 11 is 0. The zero-order valence-electron chi connectivity index (χ0n) is 17.6. The van der Waals surface area contributed by atoms with Crippen LogP contribution >= 0.6 is 7.82 Å². The van der Waals surface area contributed by atoms with E-state index < -0.39 is 13.9 Å². The highest BCUT2D eigenvalue weighted by molar-refractivity contribution is 7.45. The molecule has 1 N–H and O–H groups in total. The maximum atomic E-state index is 11.7. The fourth-order valence-corrected chi connectivity index (χ4v) is 3.85. The highest BCUT2D eigenvalue weighted by atomic mass is 31.2. The molecule has 0 saturated heterocycles. The summed E-state index contributed by atoms with van der Waals surface area (Å²) < 4.78 is 27.2. The van der Waals surface area contributed by atoms with Crippen LogP contribution in [-0.4, -0.2) is 11.2 Å². The smallest absolute Gasteiger partial charge is 0.268 e. The van der Waals surface area contributed by atoms with Gasteiger partial charge in [-0.25, -0.2) is 0 Å². The summed E-state index contributed by atoms with van der Waals surface area (Å²) in [5.41, 5.74) is 4.59. The van der Waals surface area contributed by atoms with E-state index in [1.54, 1.807) is 13.8 Å². The van der Waals surface area contributed by atoms with Gasteiger partial charge >= 0.3 is 0 Å². The molecule has 3 aromatic rings. The van der Waals surface area contributed by atoms with E-state index in [0.29, 0.717) is 6.61 Å². The standard InChI is InChI=1S/C24H27O6P/c1-18(2)30-31(26,27)29-17-19-6-8-22(9-7-19)23-10-12-24(13-11-23)28-16-21-5-3-4-20(14-21)15-25/h3-14,18,25H,15-17H2,1-2H3,(H,26,27)/p-1. The van der Waals surface area contributed by atoms with Crippen molar-refractivity contribution in [3.63, 3.8) is 0 Å². The summed E-state index contributed by atoms with van der Waals surface area (Å²) in [6, 6.07) is 22.8. The molecule has 3 aromatic carbocycles. The van der Waals surface area contributed by atoms with Gasteiger partial charge in [0.2, 0.25) is 0 Å². The van der Waals surface area contributed by atoms with E-state index in [1.165, 1.54) is 0 Å². The normalized spacial score (nSPS) is 13.2. The number of aliphatic hydroxyl groups is 1. The minimum absolute atomic E-state index is 0.00930. The fourth-order valence-electron chi connectivity index (χ4n) is 2.96. The van der Waals surface area contributed by atoms with Crippen LogP contribution in [0.5, 0.6) is 5.75 Å². The molecule has 0 aliphatic heterocycles. The lowest BCUT2D eigenvalue weighted by molar-refractivity contribution is -0.229. The number of phosphoric ester groups is 1. The van der Waals surface area contributed by atoms with Gasteiger partial charge in [0.25, 0.3) is 7.82 Å². The lowest BCUT2D eigenvalue weighted by Gasteiger charge is -2.24. The molecule has 0 aliphatic carbocycles. The first-order valence-corrected chi connectivity index (χ1v) is 11.5.